The van der Waals surface area contributed by atoms with Crippen molar-refractivity contribution in [2.24, 2.45) is 0 Å². The molecule has 0 bridgehead atoms. The Morgan fingerprint density at radius 2 is 2.13 bits per heavy atom. The molecule has 1 amide bonds. The number of carbonyl (C=O) groups excluding carboxylic acids is 1. The Balaban J connectivity index is 1.74. The average Bonchev–Trinajstić information content (AvgIpc) is 2.96. The first-order chi connectivity index (χ1) is 11.1. The van der Waals surface area contributed by atoms with Crippen LogP contribution in [0.1, 0.15) is 38.7 Å². The van der Waals surface area contributed by atoms with E-state index in [1.165, 1.54) is 22.6 Å². The van der Waals surface area contributed by atoms with Crippen LogP contribution in [0.4, 0.5) is 4.39 Å². The maximum absolute atomic E-state index is 13.0. The van der Waals surface area contributed by atoms with Crippen molar-refractivity contribution in [1.29, 1.82) is 0 Å². The molecule has 1 unspecified atom stereocenters. The van der Waals surface area contributed by atoms with Crippen LogP contribution < -0.4 is 0 Å². The Morgan fingerprint density at radius 1 is 1.39 bits per heavy atom. The number of aryl methyl sites for hydroxylation is 2. The number of ether oxygens (including phenoxy) is 1. The molecule has 2 aromatic rings. The van der Waals surface area contributed by atoms with E-state index in [1.54, 1.807) is 23.5 Å². The van der Waals surface area contributed by atoms with Gasteiger partial charge in [0.2, 0.25) is 0 Å². The lowest BCUT2D eigenvalue weighted by molar-refractivity contribution is -0.0226. The van der Waals surface area contributed by atoms with Crippen molar-refractivity contribution < 1.29 is 13.9 Å². The van der Waals surface area contributed by atoms with Crippen molar-refractivity contribution in [3.8, 4) is 0 Å². The van der Waals surface area contributed by atoms with Crippen molar-refractivity contribution >= 4 is 17.2 Å². The largest absolute Gasteiger partial charge is 0.370 e. The van der Waals surface area contributed by atoms with Crippen LogP contribution in [0.5, 0.6) is 0 Å². The number of rotatable bonds is 3. The highest BCUT2D eigenvalue weighted by Crippen LogP contribution is 2.27. The van der Waals surface area contributed by atoms with Crippen LogP contribution in [-0.4, -0.2) is 30.5 Å². The molecular weight excluding hydrogens is 313 g/mol. The Bertz CT molecular complexity index is 696. The van der Waals surface area contributed by atoms with E-state index < -0.39 is 0 Å². The molecule has 5 heteroatoms. The molecule has 2 heterocycles. The second-order valence-electron chi connectivity index (χ2n) is 5.73. The van der Waals surface area contributed by atoms with Gasteiger partial charge in [-0.1, -0.05) is 19.1 Å². The van der Waals surface area contributed by atoms with Gasteiger partial charge in [0.15, 0.2) is 0 Å². The zero-order valence-corrected chi connectivity index (χ0v) is 14.2. The summed E-state index contributed by atoms with van der Waals surface area (Å²) in [5, 5.41) is 0. The van der Waals surface area contributed by atoms with Gasteiger partial charge < -0.3 is 9.64 Å². The van der Waals surface area contributed by atoms with Gasteiger partial charge in [0, 0.05) is 11.4 Å². The molecule has 1 aliphatic rings. The number of hydrogen-bond acceptors (Lipinski definition) is 3. The normalized spacial score (nSPS) is 18.2. The number of carbonyl (C=O) groups is 1. The molecule has 0 saturated carbocycles. The minimum atomic E-state index is -0.265. The molecule has 0 spiro atoms. The van der Waals surface area contributed by atoms with Gasteiger partial charge in [0.25, 0.3) is 5.91 Å². The van der Waals surface area contributed by atoms with Gasteiger partial charge in [0.1, 0.15) is 11.9 Å². The van der Waals surface area contributed by atoms with E-state index in [0.717, 1.165) is 16.9 Å². The van der Waals surface area contributed by atoms with Crippen molar-refractivity contribution in [2.75, 3.05) is 19.7 Å². The first-order valence-corrected chi connectivity index (χ1v) is 8.65. The van der Waals surface area contributed by atoms with Crippen molar-refractivity contribution in [3.63, 3.8) is 0 Å². The highest BCUT2D eigenvalue weighted by molar-refractivity contribution is 7.14. The van der Waals surface area contributed by atoms with Crippen molar-refractivity contribution in [1.82, 2.24) is 4.90 Å². The second kappa shape index (κ2) is 6.81. The van der Waals surface area contributed by atoms with Crippen LogP contribution in [-0.2, 0) is 11.2 Å². The minimum absolute atomic E-state index is 0.0632. The molecule has 1 aliphatic heterocycles. The molecule has 1 fully saturated rings. The highest BCUT2D eigenvalue weighted by Gasteiger charge is 2.27. The first-order valence-electron chi connectivity index (χ1n) is 7.84. The SMILES string of the molecule is CCc1sc(C(=O)N2CCOC(c3ccc(F)cc3)C2)cc1C. The molecule has 0 N–H and O–H groups in total. The van der Waals surface area contributed by atoms with Crippen molar-refractivity contribution in [2.45, 2.75) is 26.4 Å². The Labute approximate surface area is 139 Å². The molecule has 3 rings (SSSR count). The quantitative estimate of drug-likeness (QED) is 0.850. The fourth-order valence-corrected chi connectivity index (χ4v) is 3.93. The zero-order valence-electron chi connectivity index (χ0n) is 13.3. The van der Waals surface area contributed by atoms with E-state index >= 15 is 0 Å². The molecular formula is C18H20FNO2S. The van der Waals surface area contributed by atoms with Gasteiger partial charge >= 0.3 is 0 Å². The van der Waals surface area contributed by atoms with Crippen LogP contribution in [0, 0.1) is 12.7 Å². The third-order valence-corrected chi connectivity index (χ3v) is 5.52. The summed E-state index contributed by atoms with van der Waals surface area (Å²) in [5.41, 5.74) is 2.09. The van der Waals surface area contributed by atoms with E-state index in [4.69, 9.17) is 4.74 Å². The van der Waals surface area contributed by atoms with Gasteiger partial charge in [-0.05, 0) is 42.7 Å². The smallest absolute Gasteiger partial charge is 0.264 e. The molecule has 1 saturated heterocycles. The van der Waals surface area contributed by atoms with Crippen LogP contribution in [0.15, 0.2) is 30.3 Å². The highest BCUT2D eigenvalue weighted by atomic mass is 32.1. The average molecular weight is 333 g/mol. The Morgan fingerprint density at radius 3 is 2.78 bits per heavy atom. The first kappa shape index (κ1) is 16.1. The summed E-state index contributed by atoms with van der Waals surface area (Å²) in [6.07, 6.45) is 0.755. The number of benzene rings is 1. The standard InChI is InChI=1S/C18H20FNO2S/c1-3-16-12(2)10-17(23-16)18(21)20-8-9-22-15(11-20)13-4-6-14(19)7-5-13/h4-7,10,15H,3,8-9,11H2,1-2H3. The van der Waals surface area contributed by atoms with Crippen molar-refractivity contribution in [3.05, 3.63) is 57.0 Å². The lowest BCUT2D eigenvalue weighted by Gasteiger charge is -2.33. The van der Waals surface area contributed by atoms with Crippen LogP contribution in [0.2, 0.25) is 0 Å². The summed E-state index contributed by atoms with van der Waals surface area (Å²) < 4.78 is 18.8. The predicted molar refractivity (Wildman–Crippen MR) is 89.4 cm³/mol. The lowest BCUT2D eigenvalue weighted by Crippen LogP contribution is -2.42. The monoisotopic (exact) mass is 333 g/mol. The molecule has 0 radical (unpaired) electrons. The zero-order chi connectivity index (χ0) is 16.4. The molecule has 1 aromatic carbocycles. The van der Waals surface area contributed by atoms with E-state index in [0.29, 0.717) is 19.7 Å². The number of thiophene rings is 1. The summed E-state index contributed by atoms with van der Waals surface area (Å²) in [4.78, 5) is 16.6. The minimum Gasteiger partial charge on any atom is -0.370 e. The Hall–Kier alpha value is -1.72. The maximum atomic E-state index is 13.0. The van der Waals surface area contributed by atoms with Gasteiger partial charge in [-0.25, -0.2) is 4.39 Å². The lowest BCUT2D eigenvalue weighted by atomic mass is 10.1. The molecule has 1 atom stereocenters. The molecule has 1 aromatic heterocycles. The van der Waals surface area contributed by atoms with Gasteiger partial charge in [0.05, 0.1) is 18.0 Å². The summed E-state index contributed by atoms with van der Waals surface area (Å²) in [5.74, 6) is -0.202. The fraction of sp³-hybridized carbons (Fsp3) is 0.389. The topological polar surface area (TPSA) is 29.5 Å². The third-order valence-electron chi connectivity index (χ3n) is 4.15. The number of hydrogen-bond donors (Lipinski definition) is 0. The number of morpholine rings is 1. The molecule has 122 valence electrons. The molecule has 0 aliphatic carbocycles. The van der Waals surface area contributed by atoms with E-state index in [-0.39, 0.29) is 17.8 Å². The molecule has 23 heavy (non-hydrogen) atoms. The molecule has 3 nitrogen and oxygen atoms in total. The van der Waals surface area contributed by atoms with Crippen LogP contribution >= 0.6 is 11.3 Å². The third kappa shape index (κ3) is 3.46. The van der Waals surface area contributed by atoms with E-state index in [2.05, 4.69) is 6.92 Å². The fourth-order valence-electron chi connectivity index (χ4n) is 2.84. The van der Waals surface area contributed by atoms with E-state index in [1.807, 2.05) is 17.9 Å². The summed E-state index contributed by atoms with van der Waals surface area (Å²) in [6, 6.07) is 8.27. The van der Waals surface area contributed by atoms with Gasteiger partial charge in [-0.3, -0.25) is 4.79 Å². The van der Waals surface area contributed by atoms with E-state index in [9.17, 15) is 9.18 Å². The number of halogens is 1. The van der Waals surface area contributed by atoms with Crippen LogP contribution in [0.25, 0.3) is 0 Å². The number of amides is 1. The van der Waals surface area contributed by atoms with Gasteiger partial charge in [-0.2, -0.15) is 0 Å². The van der Waals surface area contributed by atoms with Gasteiger partial charge in [-0.15, -0.1) is 11.3 Å². The summed E-state index contributed by atoms with van der Waals surface area (Å²) in [6.45, 7) is 5.75. The number of nitrogens with zero attached hydrogens (tertiary/aromatic N) is 1. The predicted octanol–water partition coefficient (Wildman–Crippen LogP) is 3.97. The van der Waals surface area contributed by atoms with Crippen LogP contribution in [0.3, 0.4) is 0 Å². The summed E-state index contributed by atoms with van der Waals surface area (Å²) >= 11 is 1.58. The Kier molecular flexibility index (Phi) is 4.78. The summed E-state index contributed by atoms with van der Waals surface area (Å²) in [7, 11) is 0. The second-order valence-corrected chi connectivity index (χ2v) is 6.87. The maximum Gasteiger partial charge on any atom is 0.264 e.